The molecule has 1 aromatic carbocycles. The molecule has 1 nitrogen and oxygen atoms in total. The zero-order chi connectivity index (χ0) is 15.5. The first-order valence-electron chi connectivity index (χ1n) is 8.43. The van der Waals surface area contributed by atoms with Gasteiger partial charge >= 0.3 is 0 Å². The molecule has 2 aliphatic carbocycles. The van der Waals surface area contributed by atoms with Crippen LogP contribution in [0.1, 0.15) is 43.2 Å². The van der Waals surface area contributed by atoms with Crippen LogP contribution in [0.4, 0.5) is 0 Å². The van der Waals surface area contributed by atoms with Crippen LogP contribution >= 0.6 is 22.6 Å². The molecular formula is C20H25IO. The van der Waals surface area contributed by atoms with E-state index < -0.39 is 0 Å². The summed E-state index contributed by atoms with van der Waals surface area (Å²) in [4.78, 5) is 0. The third-order valence-corrected chi connectivity index (χ3v) is 5.88. The van der Waals surface area contributed by atoms with Gasteiger partial charge in [-0.05, 0) is 109 Å². The Morgan fingerprint density at radius 3 is 2.68 bits per heavy atom. The molecule has 0 bridgehead atoms. The molecule has 1 N–H and O–H groups in total. The minimum atomic E-state index is -0.258. The minimum absolute atomic E-state index is 0.258. The highest BCUT2D eigenvalue weighted by Crippen LogP contribution is 2.36. The average Bonchev–Trinajstić information content (AvgIpc) is 2.52. The molecule has 0 amide bonds. The molecule has 0 spiro atoms. The van der Waals surface area contributed by atoms with Gasteiger partial charge in [0.25, 0.3) is 0 Å². The van der Waals surface area contributed by atoms with Crippen molar-refractivity contribution in [3.8, 4) is 0 Å². The lowest BCUT2D eigenvalue weighted by atomic mass is 9.75. The zero-order valence-corrected chi connectivity index (χ0v) is 15.4. The molecule has 0 saturated heterocycles. The molecule has 2 heteroatoms. The van der Waals surface area contributed by atoms with Gasteiger partial charge in [-0.2, -0.15) is 0 Å². The number of allylic oxidation sites excluding steroid dienone is 2. The Bertz CT molecular complexity index is 579. The summed E-state index contributed by atoms with van der Waals surface area (Å²) in [5.41, 5.74) is 4.34. The molecule has 1 unspecified atom stereocenters. The normalized spacial score (nSPS) is 28.5. The maximum absolute atomic E-state index is 9.79. The topological polar surface area (TPSA) is 20.2 Å². The van der Waals surface area contributed by atoms with E-state index in [1.165, 1.54) is 52.4 Å². The lowest BCUT2D eigenvalue weighted by Crippen LogP contribution is -2.19. The van der Waals surface area contributed by atoms with Crippen LogP contribution in [0.5, 0.6) is 0 Å². The fourth-order valence-electron chi connectivity index (χ4n) is 3.83. The number of hydrogen-bond acceptors (Lipinski definition) is 1. The number of aliphatic hydroxyl groups excluding tert-OH is 1. The smallest absolute Gasteiger partial charge is 0.0761 e. The summed E-state index contributed by atoms with van der Waals surface area (Å²) < 4.78 is 1.35. The summed E-state index contributed by atoms with van der Waals surface area (Å²) in [6.45, 7) is 2.23. The van der Waals surface area contributed by atoms with E-state index in [0.29, 0.717) is 5.92 Å². The van der Waals surface area contributed by atoms with E-state index in [1.807, 2.05) is 0 Å². The van der Waals surface area contributed by atoms with E-state index >= 15 is 0 Å². The molecule has 1 saturated carbocycles. The van der Waals surface area contributed by atoms with Crippen molar-refractivity contribution in [3.05, 3.63) is 56.7 Å². The van der Waals surface area contributed by atoms with Gasteiger partial charge in [-0.1, -0.05) is 24.3 Å². The predicted molar refractivity (Wildman–Crippen MR) is 101 cm³/mol. The SMILES string of the molecule is Cc1ccc(I)cc1CC1CCC(C2=CC(O)CC=C2)CC1. The zero-order valence-electron chi connectivity index (χ0n) is 13.3. The van der Waals surface area contributed by atoms with Crippen molar-refractivity contribution in [3.63, 3.8) is 0 Å². The lowest BCUT2D eigenvalue weighted by molar-refractivity contribution is 0.221. The van der Waals surface area contributed by atoms with Gasteiger partial charge in [0.15, 0.2) is 0 Å². The molecule has 0 aromatic heterocycles. The first kappa shape index (κ1) is 16.3. The fourth-order valence-corrected chi connectivity index (χ4v) is 4.39. The van der Waals surface area contributed by atoms with E-state index in [0.717, 1.165) is 12.3 Å². The number of aryl methyl sites for hydroxylation is 1. The monoisotopic (exact) mass is 408 g/mol. The summed E-state index contributed by atoms with van der Waals surface area (Å²) in [6.07, 6.45) is 13.4. The molecule has 1 fully saturated rings. The van der Waals surface area contributed by atoms with Crippen molar-refractivity contribution in [2.75, 3.05) is 0 Å². The Morgan fingerprint density at radius 1 is 1.18 bits per heavy atom. The maximum Gasteiger partial charge on any atom is 0.0761 e. The molecule has 1 atom stereocenters. The van der Waals surface area contributed by atoms with Crippen molar-refractivity contribution in [2.24, 2.45) is 11.8 Å². The second kappa shape index (κ2) is 7.31. The Morgan fingerprint density at radius 2 is 1.95 bits per heavy atom. The molecule has 22 heavy (non-hydrogen) atoms. The van der Waals surface area contributed by atoms with Crippen LogP contribution in [0.3, 0.4) is 0 Å². The molecule has 2 aliphatic rings. The minimum Gasteiger partial charge on any atom is -0.389 e. The third-order valence-electron chi connectivity index (χ3n) is 5.21. The van der Waals surface area contributed by atoms with Gasteiger partial charge in [0.1, 0.15) is 0 Å². The maximum atomic E-state index is 9.79. The summed E-state index contributed by atoms with van der Waals surface area (Å²) in [6, 6.07) is 6.80. The van der Waals surface area contributed by atoms with Gasteiger partial charge in [-0.15, -0.1) is 0 Å². The second-order valence-corrected chi connectivity index (χ2v) is 8.11. The van der Waals surface area contributed by atoms with Crippen LogP contribution in [0.2, 0.25) is 0 Å². The highest BCUT2D eigenvalue weighted by atomic mass is 127. The van der Waals surface area contributed by atoms with E-state index in [9.17, 15) is 5.11 Å². The summed E-state index contributed by atoms with van der Waals surface area (Å²) in [7, 11) is 0. The van der Waals surface area contributed by atoms with Crippen LogP contribution in [-0.2, 0) is 6.42 Å². The quantitative estimate of drug-likeness (QED) is 0.682. The van der Waals surface area contributed by atoms with Crippen molar-refractivity contribution in [2.45, 2.75) is 51.6 Å². The number of benzene rings is 1. The number of rotatable bonds is 3. The number of aliphatic hydroxyl groups is 1. The van der Waals surface area contributed by atoms with Gasteiger partial charge in [-0.3, -0.25) is 0 Å². The first-order valence-corrected chi connectivity index (χ1v) is 9.51. The van der Waals surface area contributed by atoms with E-state index in [1.54, 1.807) is 0 Å². The largest absolute Gasteiger partial charge is 0.389 e. The molecule has 3 rings (SSSR count). The molecule has 0 aliphatic heterocycles. The van der Waals surface area contributed by atoms with Crippen LogP contribution in [0.25, 0.3) is 0 Å². The highest BCUT2D eigenvalue weighted by molar-refractivity contribution is 14.1. The molecule has 118 valence electrons. The predicted octanol–water partition coefficient (Wildman–Crippen LogP) is 5.20. The molecule has 0 radical (unpaired) electrons. The van der Waals surface area contributed by atoms with Crippen LogP contribution < -0.4 is 0 Å². The van der Waals surface area contributed by atoms with E-state index in [2.05, 4.69) is 65.9 Å². The van der Waals surface area contributed by atoms with Gasteiger partial charge in [0.05, 0.1) is 6.10 Å². The average molecular weight is 408 g/mol. The van der Waals surface area contributed by atoms with Crippen molar-refractivity contribution in [1.82, 2.24) is 0 Å². The Kier molecular flexibility index (Phi) is 5.40. The highest BCUT2D eigenvalue weighted by Gasteiger charge is 2.24. The van der Waals surface area contributed by atoms with Gasteiger partial charge in [0, 0.05) is 3.57 Å². The van der Waals surface area contributed by atoms with Crippen LogP contribution in [0, 0.1) is 22.3 Å². The van der Waals surface area contributed by atoms with E-state index in [4.69, 9.17) is 0 Å². The Balaban J connectivity index is 1.58. The Labute approximate surface area is 147 Å². The molecular weight excluding hydrogens is 383 g/mol. The summed E-state index contributed by atoms with van der Waals surface area (Å²) in [5.74, 6) is 1.49. The molecule has 1 aromatic rings. The van der Waals surface area contributed by atoms with Crippen molar-refractivity contribution >= 4 is 22.6 Å². The van der Waals surface area contributed by atoms with Crippen LogP contribution in [0.15, 0.2) is 42.0 Å². The lowest BCUT2D eigenvalue weighted by Gasteiger charge is -2.31. The van der Waals surface area contributed by atoms with Crippen LogP contribution in [-0.4, -0.2) is 11.2 Å². The fraction of sp³-hybridized carbons (Fsp3) is 0.500. The van der Waals surface area contributed by atoms with Gasteiger partial charge in [-0.25, -0.2) is 0 Å². The summed E-state index contributed by atoms with van der Waals surface area (Å²) >= 11 is 2.41. The first-order chi connectivity index (χ1) is 10.6. The standard InChI is InChI=1S/C20H25IO/c1-14-5-10-19(21)12-18(14)11-15-6-8-16(9-7-15)17-3-2-4-20(22)13-17/h2-3,5,10,12-13,15-16,20,22H,4,6-9,11H2,1H3. The Hall–Kier alpha value is -0.610. The van der Waals surface area contributed by atoms with Gasteiger partial charge < -0.3 is 5.11 Å². The number of halogens is 1. The van der Waals surface area contributed by atoms with E-state index in [-0.39, 0.29) is 6.10 Å². The molecule has 0 heterocycles. The van der Waals surface area contributed by atoms with Crippen molar-refractivity contribution < 1.29 is 5.11 Å². The van der Waals surface area contributed by atoms with Crippen molar-refractivity contribution in [1.29, 1.82) is 0 Å². The van der Waals surface area contributed by atoms with Gasteiger partial charge in [0.2, 0.25) is 0 Å². The number of hydrogen-bond donors (Lipinski definition) is 1. The third kappa shape index (κ3) is 4.02. The second-order valence-electron chi connectivity index (χ2n) is 6.86. The summed E-state index contributed by atoms with van der Waals surface area (Å²) in [5, 5.41) is 9.79.